The van der Waals surface area contributed by atoms with E-state index in [1.807, 2.05) is 25.1 Å². The minimum atomic E-state index is -0.321. The molecule has 2 saturated heterocycles. The van der Waals surface area contributed by atoms with Crippen LogP contribution < -0.4 is 10.2 Å². The van der Waals surface area contributed by atoms with Crippen molar-refractivity contribution in [3.05, 3.63) is 28.2 Å². The zero-order valence-electron chi connectivity index (χ0n) is 10.2. The van der Waals surface area contributed by atoms with E-state index in [0.29, 0.717) is 6.54 Å². The van der Waals surface area contributed by atoms with E-state index in [9.17, 15) is 4.79 Å². The number of carbonyl (C=O) groups excluding carboxylic acids is 1. The molecule has 2 fully saturated rings. The van der Waals surface area contributed by atoms with Crippen LogP contribution in [0.4, 0.5) is 10.5 Å². The number of nitrogens with zero attached hydrogens (tertiary/aromatic N) is 1. The van der Waals surface area contributed by atoms with Crippen molar-refractivity contribution in [1.29, 1.82) is 0 Å². The first-order valence-electron chi connectivity index (χ1n) is 6.07. The van der Waals surface area contributed by atoms with Gasteiger partial charge in [0, 0.05) is 23.1 Å². The molecule has 1 amide bonds. The van der Waals surface area contributed by atoms with Gasteiger partial charge in [-0.1, -0.05) is 15.9 Å². The normalized spacial score (nSPS) is 27.0. The van der Waals surface area contributed by atoms with Crippen molar-refractivity contribution in [2.45, 2.75) is 18.9 Å². The number of hydrogen-bond acceptors (Lipinski definition) is 3. The second-order valence-corrected chi connectivity index (χ2v) is 5.85. The maximum absolute atomic E-state index is 12.0. The van der Waals surface area contributed by atoms with E-state index in [4.69, 9.17) is 4.74 Å². The van der Waals surface area contributed by atoms with Gasteiger partial charge >= 0.3 is 6.09 Å². The molecule has 1 aromatic rings. The number of ether oxygens (including phenoxy) is 1. The first kappa shape index (κ1) is 12.0. The van der Waals surface area contributed by atoms with Gasteiger partial charge in [0.2, 0.25) is 0 Å². The summed E-state index contributed by atoms with van der Waals surface area (Å²) in [4.78, 5) is 13.7. The number of aryl methyl sites for hydroxylation is 1. The Morgan fingerprint density at radius 1 is 1.50 bits per heavy atom. The molecule has 0 bridgehead atoms. The van der Waals surface area contributed by atoms with Gasteiger partial charge in [-0.25, -0.2) is 4.79 Å². The Morgan fingerprint density at radius 3 is 3.00 bits per heavy atom. The Bertz CT molecular complexity index is 498. The summed E-state index contributed by atoms with van der Waals surface area (Å²) in [5.41, 5.74) is 1.70. The Balaban J connectivity index is 1.88. The van der Waals surface area contributed by atoms with Crippen LogP contribution in [-0.4, -0.2) is 31.3 Å². The highest BCUT2D eigenvalue weighted by Gasteiger charge is 2.47. The van der Waals surface area contributed by atoms with Crippen LogP contribution in [0.2, 0.25) is 0 Å². The molecule has 2 aliphatic rings. The van der Waals surface area contributed by atoms with Crippen LogP contribution in [0.1, 0.15) is 12.0 Å². The number of hydrogen-bond donors (Lipinski definition) is 1. The maximum Gasteiger partial charge on any atom is 0.415 e. The van der Waals surface area contributed by atoms with Crippen LogP contribution in [0.25, 0.3) is 0 Å². The lowest BCUT2D eigenvalue weighted by Crippen LogP contribution is -2.36. The van der Waals surface area contributed by atoms with Gasteiger partial charge in [0.25, 0.3) is 0 Å². The molecule has 1 spiro atoms. The van der Waals surface area contributed by atoms with E-state index in [0.717, 1.165) is 35.2 Å². The van der Waals surface area contributed by atoms with Crippen molar-refractivity contribution in [1.82, 2.24) is 5.32 Å². The van der Waals surface area contributed by atoms with Crippen LogP contribution in [-0.2, 0) is 4.74 Å². The molecular formula is C13H15BrN2O2. The number of halogens is 1. The van der Waals surface area contributed by atoms with Gasteiger partial charge in [0.15, 0.2) is 0 Å². The Hall–Kier alpha value is -1.07. The topological polar surface area (TPSA) is 41.6 Å². The van der Waals surface area contributed by atoms with Crippen molar-refractivity contribution in [3.8, 4) is 0 Å². The van der Waals surface area contributed by atoms with Crippen LogP contribution in [0.15, 0.2) is 22.7 Å². The van der Waals surface area contributed by atoms with Crippen molar-refractivity contribution in [3.63, 3.8) is 0 Å². The summed E-state index contributed by atoms with van der Waals surface area (Å²) in [6.45, 7) is 4.33. The fourth-order valence-corrected chi connectivity index (χ4v) is 2.81. The minimum absolute atomic E-state index is 0.236. The summed E-state index contributed by atoms with van der Waals surface area (Å²) < 4.78 is 6.61. The molecular weight excluding hydrogens is 296 g/mol. The number of rotatable bonds is 1. The lowest BCUT2D eigenvalue weighted by Gasteiger charge is -2.19. The third kappa shape index (κ3) is 1.91. The van der Waals surface area contributed by atoms with Crippen LogP contribution in [0, 0.1) is 6.92 Å². The number of benzene rings is 1. The Kier molecular flexibility index (Phi) is 2.83. The van der Waals surface area contributed by atoms with E-state index in [1.165, 1.54) is 0 Å². The summed E-state index contributed by atoms with van der Waals surface area (Å²) in [6, 6.07) is 5.92. The summed E-state index contributed by atoms with van der Waals surface area (Å²) in [7, 11) is 0. The zero-order chi connectivity index (χ0) is 12.8. The number of nitrogens with one attached hydrogen (secondary N) is 1. The van der Waals surface area contributed by atoms with Gasteiger partial charge in [-0.3, -0.25) is 4.90 Å². The molecule has 2 heterocycles. The average molecular weight is 311 g/mol. The van der Waals surface area contributed by atoms with Gasteiger partial charge in [0.05, 0.1) is 6.54 Å². The van der Waals surface area contributed by atoms with E-state index in [-0.39, 0.29) is 11.7 Å². The first-order valence-corrected chi connectivity index (χ1v) is 6.86. The smallest absolute Gasteiger partial charge is 0.415 e. The van der Waals surface area contributed by atoms with Crippen LogP contribution >= 0.6 is 15.9 Å². The van der Waals surface area contributed by atoms with Gasteiger partial charge in [-0.05, 0) is 37.2 Å². The molecule has 1 atom stereocenters. The average Bonchev–Trinajstić information content (AvgIpc) is 2.91. The van der Waals surface area contributed by atoms with E-state index < -0.39 is 0 Å². The fourth-order valence-electron chi connectivity index (χ4n) is 2.56. The van der Waals surface area contributed by atoms with E-state index >= 15 is 0 Å². The minimum Gasteiger partial charge on any atom is -0.439 e. The quantitative estimate of drug-likeness (QED) is 0.866. The summed E-state index contributed by atoms with van der Waals surface area (Å²) in [6.07, 6.45) is 0.658. The van der Waals surface area contributed by atoms with Gasteiger partial charge < -0.3 is 10.1 Å². The van der Waals surface area contributed by atoms with E-state index in [2.05, 4.69) is 21.2 Å². The van der Waals surface area contributed by atoms with Crippen molar-refractivity contribution >= 4 is 27.7 Å². The highest BCUT2D eigenvalue weighted by Crippen LogP contribution is 2.33. The molecule has 0 saturated carbocycles. The SMILES string of the molecule is Cc1cc(N2CC3(CCNC3)OC2=O)ccc1Br. The molecule has 1 aromatic carbocycles. The standard InChI is InChI=1S/C13H15BrN2O2/c1-9-6-10(2-3-11(9)14)16-8-13(18-12(16)17)4-5-15-7-13/h2-3,6,15H,4-5,7-8H2,1H3. The summed E-state index contributed by atoms with van der Waals surface area (Å²) >= 11 is 3.47. The van der Waals surface area contributed by atoms with Crippen molar-refractivity contribution in [2.75, 3.05) is 24.5 Å². The molecule has 3 rings (SSSR count). The Morgan fingerprint density at radius 2 is 2.33 bits per heavy atom. The second kappa shape index (κ2) is 4.24. The third-order valence-electron chi connectivity index (χ3n) is 3.63. The highest BCUT2D eigenvalue weighted by atomic mass is 79.9. The predicted molar refractivity (Wildman–Crippen MR) is 72.9 cm³/mol. The molecule has 18 heavy (non-hydrogen) atoms. The number of anilines is 1. The van der Waals surface area contributed by atoms with Gasteiger partial charge in [0.1, 0.15) is 5.60 Å². The summed E-state index contributed by atoms with van der Waals surface area (Å²) in [5.74, 6) is 0. The molecule has 2 aliphatic heterocycles. The lowest BCUT2D eigenvalue weighted by atomic mass is 10.0. The molecule has 0 radical (unpaired) electrons. The molecule has 0 aliphatic carbocycles. The van der Waals surface area contributed by atoms with Crippen LogP contribution in [0.5, 0.6) is 0 Å². The molecule has 1 unspecified atom stereocenters. The van der Waals surface area contributed by atoms with Crippen molar-refractivity contribution < 1.29 is 9.53 Å². The Labute approximate surface area is 114 Å². The zero-order valence-corrected chi connectivity index (χ0v) is 11.8. The molecule has 96 valence electrons. The molecule has 1 N–H and O–H groups in total. The van der Waals surface area contributed by atoms with Gasteiger partial charge in [-0.15, -0.1) is 0 Å². The third-order valence-corrected chi connectivity index (χ3v) is 4.52. The lowest BCUT2D eigenvalue weighted by molar-refractivity contribution is 0.0733. The number of carbonyl (C=O) groups is 1. The second-order valence-electron chi connectivity index (χ2n) is 5.00. The molecule has 4 nitrogen and oxygen atoms in total. The molecule has 5 heteroatoms. The highest BCUT2D eigenvalue weighted by molar-refractivity contribution is 9.10. The number of amides is 1. The monoisotopic (exact) mass is 310 g/mol. The van der Waals surface area contributed by atoms with Crippen molar-refractivity contribution in [2.24, 2.45) is 0 Å². The largest absolute Gasteiger partial charge is 0.439 e. The van der Waals surface area contributed by atoms with E-state index in [1.54, 1.807) is 4.90 Å². The van der Waals surface area contributed by atoms with Gasteiger partial charge in [-0.2, -0.15) is 0 Å². The summed E-state index contributed by atoms with van der Waals surface area (Å²) in [5, 5.41) is 3.26. The van der Waals surface area contributed by atoms with Crippen LogP contribution in [0.3, 0.4) is 0 Å². The maximum atomic E-state index is 12.0. The fraction of sp³-hybridized carbons (Fsp3) is 0.462. The predicted octanol–water partition coefficient (Wildman–Crippen LogP) is 2.45. The molecule has 0 aromatic heterocycles. The first-order chi connectivity index (χ1) is 8.60.